The Labute approximate surface area is 196 Å². The first-order valence-corrected chi connectivity index (χ1v) is 12.1. The summed E-state index contributed by atoms with van der Waals surface area (Å²) in [6, 6.07) is 24.0. The number of hydrogen-bond donors (Lipinski definition) is 0. The van der Waals surface area contributed by atoms with Crippen LogP contribution in [0, 0.1) is 6.92 Å². The smallest absolute Gasteiger partial charge is 0.107 e. The molecule has 2 heterocycles. The fraction of sp³-hybridized carbons (Fsp3) is 0.185. The van der Waals surface area contributed by atoms with Crippen LogP contribution in [-0.2, 0) is 12.8 Å². The van der Waals surface area contributed by atoms with Gasteiger partial charge in [-0.05, 0) is 66.3 Å². The van der Waals surface area contributed by atoms with Gasteiger partial charge in [-0.1, -0.05) is 54.1 Å². The first-order valence-electron chi connectivity index (χ1n) is 10.9. The molecule has 0 spiro atoms. The van der Waals surface area contributed by atoms with Gasteiger partial charge in [0.1, 0.15) is 10.8 Å². The lowest BCUT2D eigenvalue weighted by molar-refractivity contribution is 0.530. The van der Waals surface area contributed by atoms with Gasteiger partial charge in [0.05, 0.1) is 17.0 Å². The SMILES string of the molecule is Cc1nc2ccc(C(c3ccc(Cl)cc3)c3nccs3)cc2n1C1Cc2ccccc2C1. The third kappa shape index (κ3) is 3.35. The van der Waals surface area contributed by atoms with E-state index in [0.29, 0.717) is 6.04 Å². The molecule has 0 N–H and O–H groups in total. The van der Waals surface area contributed by atoms with E-state index in [0.717, 1.165) is 34.2 Å². The molecular weight excluding hydrogens is 434 g/mol. The number of fused-ring (bicyclic) bond motifs is 2. The molecule has 3 nitrogen and oxygen atoms in total. The topological polar surface area (TPSA) is 30.7 Å². The average molecular weight is 456 g/mol. The van der Waals surface area contributed by atoms with Crippen molar-refractivity contribution in [3.63, 3.8) is 0 Å². The van der Waals surface area contributed by atoms with Crippen molar-refractivity contribution in [1.82, 2.24) is 14.5 Å². The largest absolute Gasteiger partial charge is 0.324 e. The summed E-state index contributed by atoms with van der Waals surface area (Å²) < 4.78 is 2.44. The number of benzene rings is 3. The van der Waals surface area contributed by atoms with E-state index in [9.17, 15) is 0 Å². The Kier molecular flexibility index (Phi) is 4.85. The van der Waals surface area contributed by atoms with Crippen LogP contribution in [0.5, 0.6) is 0 Å². The normalized spacial score (nSPS) is 14.7. The number of aryl methyl sites for hydroxylation is 1. The Morgan fingerprint density at radius 1 is 0.969 bits per heavy atom. The van der Waals surface area contributed by atoms with Gasteiger partial charge in [-0.15, -0.1) is 11.3 Å². The molecule has 0 fully saturated rings. The minimum absolute atomic E-state index is 0.0705. The lowest BCUT2D eigenvalue weighted by Crippen LogP contribution is -2.11. The van der Waals surface area contributed by atoms with Crippen LogP contribution in [0.25, 0.3) is 11.0 Å². The standard InChI is InChI=1S/C27H22ClN3S/c1-17-30-24-11-8-21(26(27-29-12-13-32-27)18-6-9-22(28)10-7-18)16-25(24)31(17)23-14-19-4-2-3-5-20(19)15-23/h2-13,16,23,26H,14-15H2,1H3. The third-order valence-electron chi connectivity index (χ3n) is 6.52. The van der Waals surface area contributed by atoms with Crippen molar-refractivity contribution in [1.29, 1.82) is 0 Å². The van der Waals surface area contributed by atoms with E-state index in [-0.39, 0.29) is 5.92 Å². The van der Waals surface area contributed by atoms with Crippen LogP contribution in [0.2, 0.25) is 5.02 Å². The highest BCUT2D eigenvalue weighted by Crippen LogP contribution is 2.37. The predicted molar refractivity (Wildman–Crippen MR) is 132 cm³/mol. The molecular formula is C27H22ClN3S. The molecule has 6 rings (SSSR count). The van der Waals surface area contributed by atoms with Gasteiger partial charge >= 0.3 is 0 Å². The number of rotatable bonds is 4. The van der Waals surface area contributed by atoms with E-state index in [1.165, 1.54) is 27.8 Å². The summed E-state index contributed by atoms with van der Waals surface area (Å²) >= 11 is 7.87. The van der Waals surface area contributed by atoms with Gasteiger partial charge in [0.15, 0.2) is 0 Å². The van der Waals surface area contributed by atoms with Gasteiger partial charge < -0.3 is 4.57 Å². The molecule has 3 aromatic carbocycles. The van der Waals surface area contributed by atoms with Crippen LogP contribution in [0.4, 0.5) is 0 Å². The molecule has 0 bridgehead atoms. The Hall–Kier alpha value is -2.95. The zero-order valence-electron chi connectivity index (χ0n) is 17.7. The van der Waals surface area contributed by atoms with Crippen molar-refractivity contribution in [2.75, 3.05) is 0 Å². The molecule has 32 heavy (non-hydrogen) atoms. The summed E-state index contributed by atoms with van der Waals surface area (Å²) in [5, 5.41) is 3.88. The average Bonchev–Trinajstić information content (AvgIpc) is 3.53. The lowest BCUT2D eigenvalue weighted by Gasteiger charge is -2.18. The minimum atomic E-state index is 0.0705. The Morgan fingerprint density at radius 2 is 1.69 bits per heavy atom. The fourth-order valence-corrected chi connectivity index (χ4v) is 6.02. The van der Waals surface area contributed by atoms with Gasteiger partial charge in [0, 0.05) is 22.6 Å². The van der Waals surface area contributed by atoms with E-state index in [4.69, 9.17) is 16.6 Å². The summed E-state index contributed by atoms with van der Waals surface area (Å²) in [6.45, 7) is 2.13. The van der Waals surface area contributed by atoms with Crippen molar-refractivity contribution < 1.29 is 0 Å². The van der Waals surface area contributed by atoms with Crippen molar-refractivity contribution in [2.24, 2.45) is 0 Å². The number of thiazole rings is 1. The molecule has 1 aliphatic carbocycles. The molecule has 0 saturated heterocycles. The molecule has 0 aliphatic heterocycles. The number of nitrogens with zero attached hydrogens (tertiary/aromatic N) is 3. The molecule has 0 saturated carbocycles. The van der Waals surface area contributed by atoms with Crippen molar-refractivity contribution in [3.05, 3.63) is 116 Å². The molecule has 5 heteroatoms. The molecule has 0 amide bonds. The number of halogens is 1. The second-order valence-electron chi connectivity index (χ2n) is 8.46. The van der Waals surface area contributed by atoms with Crippen LogP contribution >= 0.6 is 22.9 Å². The highest BCUT2D eigenvalue weighted by Gasteiger charge is 2.26. The summed E-state index contributed by atoms with van der Waals surface area (Å²) in [5.74, 6) is 1.15. The van der Waals surface area contributed by atoms with Gasteiger partial charge in [0.2, 0.25) is 0 Å². The molecule has 5 aromatic rings. The fourth-order valence-electron chi connectivity index (χ4n) is 5.10. The highest BCUT2D eigenvalue weighted by atomic mass is 35.5. The van der Waals surface area contributed by atoms with Crippen LogP contribution in [0.15, 0.2) is 78.3 Å². The van der Waals surface area contributed by atoms with E-state index in [1.54, 1.807) is 11.3 Å². The van der Waals surface area contributed by atoms with E-state index in [2.05, 4.69) is 71.1 Å². The first kappa shape index (κ1) is 19.7. The summed E-state index contributed by atoms with van der Waals surface area (Å²) in [5.41, 5.74) is 7.59. The van der Waals surface area contributed by atoms with Crippen molar-refractivity contribution in [2.45, 2.75) is 31.7 Å². The second kappa shape index (κ2) is 7.88. The summed E-state index contributed by atoms with van der Waals surface area (Å²) in [4.78, 5) is 9.57. The zero-order valence-corrected chi connectivity index (χ0v) is 19.3. The van der Waals surface area contributed by atoms with Crippen LogP contribution in [-0.4, -0.2) is 14.5 Å². The van der Waals surface area contributed by atoms with Gasteiger partial charge in [-0.3, -0.25) is 0 Å². The van der Waals surface area contributed by atoms with Crippen molar-refractivity contribution in [3.8, 4) is 0 Å². The van der Waals surface area contributed by atoms with Crippen LogP contribution < -0.4 is 0 Å². The second-order valence-corrected chi connectivity index (χ2v) is 9.83. The molecule has 158 valence electrons. The number of imidazole rings is 1. The molecule has 0 radical (unpaired) electrons. The molecule has 1 aliphatic rings. The number of aromatic nitrogens is 3. The van der Waals surface area contributed by atoms with Crippen LogP contribution in [0.1, 0.15) is 45.0 Å². The first-order chi connectivity index (χ1) is 15.7. The summed E-state index contributed by atoms with van der Waals surface area (Å²) in [6.07, 6.45) is 3.99. The van der Waals surface area contributed by atoms with Crippen LogP contribution in [0.3, 0.4) is 0 Å². The summed E-state index contributed by atoms with van der Waals surface area (Å²) in [7, 11) is 0. The van der Waals surface area contributed by atoms with Gasteiger partial charge in [0.25, 0.3) is 0 Å². The third-order valence-corrected chi connectivity index (χ3v) is 7.61. The maximum absolute atomic E-state index is 6.18. The maximum Gasteiger partial charge on any atom is 0.107 e. The lowest BCUT2D eigenvalue weighted by atomic mass is 9.91. The molecule has 1 unspecified atom stereocenters. The predicted octanol–water partition coefficient (Wildman–Crippen LogP) is 6.97. The van der Waals surface area contributed by atoms with E-state index >= 15 is 0 Å². The highest BCUT2D eigenvalue weighted by molar-refractivity contribution is 7.09. The quantitative estimate of drug-likeness (QED) is 0.293. The molecule has 1 atom stereocenters. The van der Waals surface area contributed by atoms with Gasteiger partial charge in [-0.25, -0.2) is 9.97 Å². The minimum Gasteiger partial charge on any atom is -0.324 e. The Balaban J connectivity index is 1.47. The van der Waals surface area contributed by atoms with E-state index in [1.807, 2.05) is 23.7 Å². The maximum atomic E-state index is 6.18. The Morgan fingerprint density at radius 3 is 2.38 bits per heavy atom. The van der Waals surface area contributed by atoms with Crippen molar-refractivity contribution >= 4 is 34.0 Å². The number of hydrogen-bond acceptors (Lipinski definition) is 3. The Bertz CT molecular complexity index is 1380. The van der Waals surface area contributed by atoms with Gasteiger partial charge in [-0.2, -0.15) is 0 Å². The monoisotopic (exact) mass is 455 g/mol. The zero-order chi connectivity index (χ0) is 21.7. The molecule has 2 aromatic heterocycles. The van der Waals surface area contributed by atoms with E-state index < -0.39 is 0 Å².